The van der Waals surface area contributed by atoms with Gasteiger partial charge in [-0.1, -0.05) is 27.7 Å². The molecule has 13 nitrogen and oxygen atoms in total. The number of rotatable bonds is 6. The van der Waals surface area contributed by atoms with Crippen LogP contribution < -0.4 is 0 Å². The molecule has 3 N–H and O–H groups in total. The fourth-order valence-corrected chi connectivity index (χ4v) is 11.6. The van der Waals surface area contributed by atoms with Crippen molar-refractivity contribution in [3.05, 3.63) is 24.2 Å². The second kappa shape index (κ2) is 10.6. The molecule has 1 aromatic rings. The number of ether oxygens (including phenoxy) is 5. The lowest BCUT2D eigenvalue weighted by Gasteiger charge is -2.73. The molecule has 2 bridgehead atoms. The Balaban J connectivity index is 1.43. The average molecular weight is 675 g/mol. The number of aliphatic hydroxyl groups excluding tert-OH is 3. The van der Waals surface area contributed by atoms with E-state index in [2.05, 4.69) is 0 Å². The highest BCUT2D eigenvalue weighted by Gasteiger charge is 2.92. The lowest BCUT2D eigenvalue weighted by Crippen LogP contribution is -2.84. The van der Waals surface area contributed by atoms with E-state index in [4.69, 9.17) is 28.1 Å². The van der Waals surface area contributed by atoms with E-state index in [0.717, 1.165) is 12.5 Å². The molecular weight excluding hydrogens is 628 g/mol. The number of ketones is 1. The van der Waals surface area contributed by atoms with E-state index < -0.39 is 112 Å². The van der Waals surface area contributed by atoms with Gasteiger partial charge in [-0.05, 0) is 43.7 Å². The lowest BCUT2D eigenvalue weighted by molar-refractivity contribution is -0.391. The zero-order chi connectivity index (χ0) is 34.9. The molecular formula is C35H46O13. The summed E-state index contributed by atoms with van der Waals surface area (Å²) in [6.45, 7) is 10.8. The number of furan rings is 1. The molecule has 13 heteroatoms. The number of carbonyl (C=O) groups excluding carboxylic acids is 4. The number of aliphatic hydroxyl groups is 3. The summed E-state index contributed by atoms with van der Waals surface area (Å²) in [5.41, 5.74) is -6.03. The largest absolute Gasteiger partial charge is 0.472 e. The van der Waals surface area contributed by atoms with Crippen LogP contribution in [0.5, 0.6) is 0 Å². The van der Waals surface area contributed by atoms with Gasteiger partial charge < -0.3 is 43.4 Å². The Hall–Kier alpha value is -2.84. The van der Waals surface area contributed by atoms with Crippen LogP contribution in [-0.2, 0) is 42.9 Å². The Bertz CT molecular complexity index is 1530. The summed E-state index contributed by atoms with van der Waals surface area (Å²) in [6.07, 6.45) is -5.14. The molecule has 4 saturated carbocycles. The van der Waals surface area contributed by atoms with Crippen LogP contribution in [0.4, 0.5) is 0 Å². The van der Waals surface area contributed by atoms with Crippen molar-refractivity contribution in [2.24, 2.45) is 39.4 Å². The minimum atomic E-state index is -1.69. The van der Waals surface area contributed by atoms with Crippen LogP contribution in [0.25, 0.3) is 0 Å². The first-order valence-corrected chi connectivity index (χ1v) is 16.9. The summed E-state index contributed by atoms with van der Waals surface area (Å²) in [6, 6.07) is 1.80. The second-order valence-electron chi connectivity index (χ2n) is 15.7. The molecule has 48 heavy (non-hydrogen) atoms. The first-order chi connectivity index (χ1) is 22.5. The topological polar surface area (TPSA) is 192 Å². The zero-order valence-electron chi connectivity index (χ0n) is 28.3. The summed E-state index contributed by atoms with van der Waals surface area (Å²) >= 11 is 0. The average Bonchev–Trinajstić information content (AvgIpc) is 3.39. The van der Waals surface area contributed by atoms with Gasteiger partial charge in [-0.15, -0.1) is 0 Å². The molecule has 0 aromatic carbocycles. The molecule has 1 spiro atoms. The monoisotopic (exact) mass is 674 g/mol. The Kier molecular flexibility index (Phi) is 7.42. The van der Waals surface area contributed by atoms with Gasteiger partial charge in [0, 0.05) is 41.9 Å². The molecule has 4 aliphatic carbocycles. The van der Waals surface area contributed by atoms with Crippen LogP contribution in [0.2, 0.25) is 0 Å². The van der Waals surface area contributed by atoms with Gasteiger partial charge >= 0.3 is 17.9 Å². The summed E-state index contributed by atoms with van der Waals surface area (Å²) in [5.74, 6) is -5.66. The Morgan fingerprint density at radius 1 is 1.00 bits per heavy atom. The molecule has 6 aliphatic rings. The smallest absolute Gasteiger partial charge is 0.310 e. The minimum Gasteiger partial charge on any atom is -0.472 e. The third kappa shape index (κ3) is 3.74. The van der Waals surface area contributed by atoms with E-state index in [1.54, 1.807) is 33.1 Å². The molecule has 264 valence electrons. The normalized spacial score (nSPS) is 50.6. The summed E-state index contributed by atoms with van der Waals surface area (Å²) in [5, 5.41) is 36.9. The van der Waals surface area contributed by atoms with E-state index in [9.17, 15) is 29.7 Å². The van der Waals surface area contributed by atoms with Crippen molar-refractivity contribution in [1.29, 1.82) is 0 Å². The van der Waals surface area contributed by atoms with Gasteiger partial charge in [0.1, 0.15) is 30.0 Å². The molecule has 6 fully saturated rings. The maximum absolute atomic E-state index is 15.1. The van der Waals surface area contributed by atoms with Crippen molar-refractivity contribution in [3.63, 3.8) is 0 Å². The van der Waals surface area contributed by atoms with E-state index in [0.29, 0.717) is 12.8 Å². The van der Waals surface area contributed by atoms with Gasteiger partial charge in [0.25, 0.3) is 0 Å². The number of carbonyl (C=O) groups is 4. The highest BCUT2D eigenvalue weighted by Crippen LogP contribution is 2.82. The lowest BCUT2D eigenvalue weighted by atomic mass is 9.33. The second-order valence-corrected chi connectivity index (χ2v) is 15.7. The SMILES string of the molecule is CCC(C)C(=O)OC1OC[C@@]23[C@H]4C(=O)[C@H](O)[C@@]5(C)[C@H](c6ccoc6)C[C@H]6O[C@]65[C@]4(C)[C@H](O)C[C@H]2[C@]1(C)[C@H](OC(C)=O)[C@H](O)[C@@H]3OC(C)=O. The molecule has 7 rings (SSSR count). The van der Waals surface area contributed by atoms with Crippen LogP contribution in [0.3, 0.4) is 0 Å². The molecule has 3 heterocycles. The van der Waals surface area contributed by atoms with Crippen molar-refractivity contribution in [2.75, 3.05) is 6.61 Å². The standard InChI is InChI=1S/C35H46O13/c1-8-15(2)29(42)47-30-31(5)20-12-21(38)33(7)25(34(20,14-44-30)28(46-17(4)37)24(40)27(31)45-16(3)36)23(39)26(41)32(6)19(18-9-10-43-13-18)11-22-35(32,33)48-22/h9-10,13,15,19-22,24-28,30,38,40-41H,8,11-12,14H2,1-7H3/t15?,19-,20-,21+,22+,24-,25-,26-,27+,28-,30?,31+,32+,33+,34-,35+/m0/s1. The maximum Gasteiger partial charge on any atom is 0.310 e. The third-order valence-electron chi connectivity index (χ3n) is 13.8. The highest BCUT2D eigenvalue weighted by atomic mass is 16.7. The van der Waals surface area contributed by atoms with Crippen molar-refractivity contribution in [2.45, 2.75) is 122 Å². The maximum atomic E-state index is 15.1. The van der Waals surface area contributed by atoms with Crippen molar-refractivity contribution < 1.29 is 62.6 Å². The Morgan fingerprint density at radius 2 is 1.67 bits per heavy atom. The van der Waals surface area contributed by atoms with Gasteiger partial charge in [0.2, 0.25) is 6.29 Å². The Labute approximate surface area is 278 Å². The number of epoxide rings is 1. The first-order valence-electron chi connectivity index (χ1n) is 16.9. The number of Topliss-reactive ketones (excluding diaryl/α,β-unsaturated/α-hetero) is 1. The van der Waals surface area contributed by atoms with Gasteiger partial charge in [-0.2, -0.15) is 0 Å². The van der Waals surface area contributed by atoms with Gasteiger partial charge in [-0.25, -0.2) is 0 Å². The van der Waals surface area contributed by atoms with Crippen LogP contribution in [0.1, 0.15) is 79.2 Å². The molecule has 2 unspecified atom stereocenters. The third-order valence-corrected chi connectivity index (χ3v) is 13.8. The molecule has 1 aromatic heterocycles. The number of fused-ring (bicyclic) bond motifs is 1. The zero-order valence-corrected chi connectivity index (χ0v) is 28.3. The predicted octanol–water partition coefficient (Wildman–Crippen LogP) is 2.03. The molecule has 0 amide bonds. The fraction of sp³-hybridized carbons (Fsp3) is 0.771. The number of hydrogen-bond acceptors (Lipinski definition) is 13. The van der Waals surface area contributed by atoms with Crippen molar-refractivity contribution >= 4 is 23.7 Å². The van der Waals surface area contributed by atoms with Crippen molar-refractivity contribution in [1.82, 2.24) is 0 Å². The molecule has 16 atom stereocenters. The van der Waals surface area contributed by atoms with E-state index >= 15 is 4.79 Å². The van der Waals surface area contributed by atoms with E-state index in [1.807, 2.05) is 13.8 Å². The van der Waals surface area contributed by atoms with Crippen molar-refractivity contribution in [3.8, 4) is 0 Å². The van der Waals surface area contributed by atoms with Crippen LogP contribution >= 0.6 is 0 Å². The predicted molar refractivity (Wildman–Crippen MR) is 161 cm³/mol. The summed E-state index contributed by atoms with van der Waals surface area (Å²) in [4.78, 5) is 53.6. The summed E-state index contributed by atoms with van der Waals surface area (Å²) < 4.78 is 36.0. The van der Waals surface area contributed by atoms with Crippen LogP contribution in [0, 0.1) is 39.4 Å². The quantitative estimate of drug-likeness (QED) is 0.226. The Morgan fingerprint density at radius 3 is 2.27 bits per heavy atom. The van der Waals surface area contributed by atoms with Gasteiger partial charge in [-0.3, -0.25) is 19.2 Å². The van der Waals surface area contributed by atoms with Gasteiger partial charge in [0.15, 0.2) is 5.78 Å². The van der Waals surface area contributed by atoms with Gasteiger partial charge in [0.05, 0.1) is 42.7 Å². The van der Waals surface area contributed by atoms with E-state index in [-0.39, 0.29) is 18.9 Å². The fourth-order valence-electron chi connectivity index (χ4n) is 11.6. The number of hydrogen-bond donors (Lipinski definition) is 3. The molecule has 2 aliphatic heterocycles. The number of esters is 3. The van der Waals surface area contributed by atoms with Crippen LogP contribution in [-0.4, -0.2) is 94.1 Å². The van der Waals surface area contributed by atoms with Crippen LogP contribution in [0.15, 0.2) is 23.0 Å². The highest BCUT2D eigenvalue weighted by molar-refractivity contribution is 5.91. The first kappa shape index (κ1) is 33.6. The molecule has 2 saturated heterocycles. The van der Waals surface area contributed by atoms with E-state index in [1.165, 1.54) is 13.2 Å². The molecule has 0 radical (unpaired) electrons. The summed E-state index contributed by atoms with van der Waals surface area (Å²) in [7, 11) is 0. The minimum absolute atomic E-state index is 0.0276.